The first-order valence-corrected chi connectivity index (χ1v) is 7.60. The van der Waals surface area contributed by atoms with Crippen LogP contribution in [-0.4, -0.2) is 18.3 Å². The number of nitrogens with one attached hydrogen (secondary N) is 1. The van der Waals surface area contributed by atoms with E-state index < -0.39 is 0 Å². The molecular formula is C16H20ClNO2. The summed E-state index contributed by atoms with van der Waals surface area (Å²) in [5, 5.41) is 3.89. The summed E-state index contributed by atoms with van der Waals surface area (Å²) in [6.45, 7) is 2.79. The van der Waals surface area contributed by atoms with Crippen molar-refractivity contribution in [2.75, 3.05) is 12.4 Å². The average Bonchev–Trinajstić information content (AvgIpc) is 2.89. The quantitative estimate of drug-likeness (QED) is 0.777. The Balaban J connectivity index is 1.97. The van der Waals surface area contributed by atoms with Gasteiger partial charge in [-0.15, -0.1) is 11.6 Å². The number of furan rings is 1. The smallest absolute Gasteiger partial charge is 0.287 e. The van der Waals surface area contributed by atoms with Crippen LogP contribution in [0, 0.1) is 5.92 Å². The van der Waals surface area contributed by atoms with Crippen molar-refractivity contribution >= 4 is 28.5 Å². The summed E-state index contributed by atoms with van der Waals surface area (Å²) in [6.07, 6.45) is 3.10. The molecule has 0 aliphatic carbocycles. The Hall–Kier alpha value is -1.48. The molecule has 1 aromatic heterocycles. The van der Waals surface area contributed by atoms with Crippen molar-refractivity contribution in [1.29, 1.82) is 0 Å². The highest BCUT2D eigenvalue weighted by molar-refractivity contribution is 6.17. The molecule has 1 N–H and O–H groups in total. The van der Waals surface area contributed by atoms with Crippen LogP contribution in [0.1, 0.15) is 36.7 Å². The van der Waals surface area contributed by atoms with Gasteiger partial charge in [0.2, 0.25) is 0 Å². The molecule has 2 aromatic rings. The third kappa shape index (κ3) is 3.76. The van der Waals surface area contributed by atoms with E-state index in [0.717, 1.165) is 30.2 Å². The number of alkyl halides is 1. The summed E-state index contributed by atoms with van der Waals surface area (Å²) in [5.74, 6) is 1.28. The van der Waals surface area contributed by atoms with Gasteiger partial charge in [0, 0.05) is 17.8 Å². The maximum atomic E-state index is 12.1. The molecule has 20 heavy (non-hydrogen) atoms. The fourth-order valence-electron chi connectivity index (χ4n) is 2.33. The topological polar surface area (TPSA) is 42.2 Å². The highest BCUT2D eigenvalue weighted by Gasteiger charge is 2.14. The van der Waals surface area contributed by atoms with Crippen LogP contribution in [0.15, 0.2) is 34.7 Å². The number of fused-ring (bicyclic) bond motifs is 1. The minimum atomic E-state index is -0.156. The van der Waals surface area contributed by atoms with Gasteiger partial charge in [0.1, 0.15) is 5.58 Å². The van der Waals surface area contributed by atoms with Crippen LogP contribution in [0.25, 0.3) is 11.0 Å². The van der Waals surface area contributed by atoms with Crippen LogP contribution in [0.2, 0.25) is 0 Å². The van der Waals surface area contributed by atoms with Crippen LogP contribution in [-0.2, 0) is 0 Å². The average molecular weight is 294 g/mol. The third-order valence-electron chi connectivity index (χ3n) is 3.41. The van der Waals surface area contributed by atoms with Gasteiger partial charge in [0.25, 0.3) is 5.91 Å². The number of benzene rings is 1. The van der Waals surface area contributed by atoms with Crippen LogP contribution >= 0.6 is 11.6 Å². The molecular weight excluding hydrogens is 274 g/mol. The van der Waals surface area contributed by atoms with Crippen molar-refractivity contribution in [2.45, 2.75) is 26.2 Å². The number of hydrogen-bond acceptors (Lipinski definition) is 2. The number of amides is 1. The highest BCUT2D eigenvalue weighted by atomic mass is 35.5. The monoisotopic (exact) mass is 293 g/mol. The number of halogens is 1. The normalized spacial score (nSPS) is 12.5. The Morgan fingerprint density at radius 1 is 1.35 bits per heavy atom. The molecule has 1 atom stereocenters. The van der Waals surface area contributed by atoms with E-state index in [1.54, 1.807) is 6.07 Å². The van der Waals surface area contributed by atoms with Crippen molar-refractivity contribution in [3.05, 3.63) is 36.1 Å². The zero-order chi connectivity index (χ0) is 14.4. The summed E-state index contributed by atoms with van der Waals surface area (Å²) in [4.78, 5) is 12.1. The zero-order valence-corrected chi connectivity index (χ0v) is 12.5. The molecule has 1 unspecified atom stereocenters. The van der Waals surface area contributed by atoms with E-state index in [2.05, 4.69) is 12.2 Å². The first-order chi connectivity index (χ1) is 9.74. The molecule has 4 heteroatoms. The Morgan fingerprint density at radius 3 is 2.85 bits per heavy atom. The van der Waals surface area contributed by atoms with Gasteiger partial charge < -0.3 is 9.73 Å². The number of carbonyl (C=O) groups excluding carboxylic acids is 1. The molecule has 1 amide bonds. The van der Waals surface area contributed by atoms with Crippen LogP contribution in [0.3, 0.4) is 0 Å². The van der Waals surface area contributed by atoms with E-state index in [9.17, 15) is 4.79 Å². The van der Waals surface area contributed by atoms with Gasteiger partial charge in [-0.2, -0.15) is 0 Å². The minimum Gasteiger partial charge on any atom is -0.451 e. The molecule has 3 nitrogen and oxygen atoms in total. The van der Waals surface area contributed by atoms with Gasteiger partial charge in [-0.1, -0.05) is 31.5 Å². The van der Waals surface area contributed by atoms with Crippen molar-refractivity contribution in [2.24, 2.45) is 5.92 Å². The van der Waals surface area contributed by atoms with Crippen molar-refractivity contribution in [3.8, 4) is 0 Å². The Labute approximate surface area is 124 Å². The highest BCUT2D eigenvalue weighted by Crippen LogP contribution is 2.19. The molecule has 0 saturated heterocycles. The lowest BCUT2D eigenvalue weighted by atomic mass is 10.0. The molecule has 108 valence electrons. The number of carbonyl (C=O) groups is 1. The van der Waals surface area contributed by atoms with Crippen molar-refractivity contribution in [1.82, 2.24) is 5.32 Å². The maximum absolute atomic E-state index is 12.1. The number of hydrogen-bond donors (Lipinski definition) is 1. The zero-order valence-electron chi connectivity index (χ0n) is 11.7. The third-order valence-corrected chi connectivity index (χ3v) is 3.63. The maximum Gasteiger partial charge on any atom is 0.287 e. The first-order valence-electron chi connectivity index (χ1n) is 7.07. The predicted octanol–water partition coefficient (Wildman–Crippen LogP) is 4.21. The van der Waals surface area contributed by atoms with Gasteiger partial charge in [0.15, 0.2) is 5.76 Å². The summed E-state index contributed by atoms with van der Waals surface area (Å²) in [5.41, 5.74) is 0.739. The molecule has 0 bridgehead atoms. The summed E-state index contributed by atoms with van der Waals surface area (Å²) in [6, 6.07) is 9.39. The Morgan fingerprint density at radius 2 is 2.15 bits per heavy atom. The largest absolute Gasteiger partial charge is 0.451 e. The van der Waals surface area contributed by atoms with E-state index in [1.807, 2.05) is 24.3 Å². The molecule has 1 aromatic carbocycles. The van der Waals surface area contributed by atoms with E-state index in [1.165, 1.54) is 0 Å². The Bertz CT molecular complexity index is 525. The van der Waals surface area contributed by atoms with E-state index in [0.29, 0.717) is 24.1 Å². The summed E-state index contributed by atoms with van der Waals surface area (Å²) < 4.78 is 5.54. The minimum absolute atomic E-state index is 0.156. The summed E-state index contributed by atoms with van der Waals surface area (Å²) >= 11 is 5.79. The molecule has 0 spiro atoms. The second-order valence-electron chi connectivity index (χ2n) is 4.99. The molecule has 0 fully saturated rings. The van der Waals surface area contributed by atoms with Gasteiger partial charge in [-0.25, -0.2) is 0 Å². The van der Waals surface area contributed by atoms with E-state index >= 15 is 0 Å². The van der Waals surface area contributed by atoms with Gasteiger partial charge in [0.05, 0.1) is 0 Å². The molecule has 0 radical (unpaired) electrons. The van der Waals surface area contributed by atoms with Crippen molar-refractivity contribution in [3.63, 3.8) is 0 Å². The Kier molecular flexibility index (Phi) is 5.48. The molecule has 1 heterocycles. The van der Waals surface area contributed by atoms with E-state index in [4.69, 9.17) is 16.0 Å². The lowest BCUT2D eigenvalue weighted by Crippen LogP contribution is -2.29. The first kappa shape index (κ1) is 14.9. The fourth-order valence-corrected chi connectivity index (χ4v) is 2.64. The SMILES string of the molecule is CCCC(CCCl)CNC(=O)c1cc2ccccc2o1. The molecule has 0 aliphatic heterocycles. The number of rotatable bonds is 7. The summed E-state index contributed by atoms with van der Waals surface area (Å²) in [7, 11) is 0. The lowest BCUT2D eigenvalue weighted by molar-refractivity contribution is 0.0920. The van der Waals surface area contributed by atoms with Crippen LogP contribution in [0.5, 0.6) is 0 Å². The second-order valence-corrected chi connectivity index (χ2v) is 5.37. The number of para-hydroxylation sites is 1. The van der Waals surface area contributed by atoms with E-state index in [-0.39, 0.29) is 5.91 Å². The van der Waals surface area contributed by atoms with Crippen LogP contribution < -0.4 is 5.32 Å². The van der Waals surface area contributed by atoms with Crippen molar-refractivity contribution < 1.29 is 9.21 Å². The second kappa shape index (κ2) is 7.34. The van der Waals surface area contributed by atoms with Gasteiger partial charge >= 0.3 is 0 Å². The van der Waals surface area contributed by atoms with Gasteiger partial charge in [-0.3, -0.25) is 4.79 Å². The molecule has 2 rings (SSSR count). The fraction of sp³-hybridized carbons (Fsp3) is 0.438. The standard InChI is InChI=1S/C16H20ClNO2/c1-2-5-12(8-9-17)11-18-16(19)15-10-13-6-3-4-7-14(13)20-15/h3-4,6-7,10,12H,2,5,8-9,11H2,1H3,(H,18,19). The lowest BCUT2D eigenvalue weighted by Gasteiger charge is -2.14. The molecule has 0 saturated carbocycles. The molecule has 0 aliphatic rings. The van der Waals surface area contributed by atoms with Gasteiger partial charge in [-0.05, 0) is 30.9 Å². The van der Waals surface area contributed by atoms with Crippen LogP contribution in [0.4, 0.5) is 0 Å². The predicted molar refractivity (Wildman–Crippen MR) is 82.3 cm³/mol.